The first-order chi connectivity index (χ1) is 6.83. The Hall–Kier alpha value is -1.75. The van der Waals surface area contributed by atoms with E-state index in [1.165, 1.54) is 6.33 Å². The van der Waals surface area contributed by atoms with Gasteiger partial charge in [0.1, 0.15) is 12.7 Å². The van der Waals surface area contributed by atoms with Gasteiger partial charge in [0.05, 0.1) is 5.69 Å². The molecule has 0 spiro atoms. The van der Waals surface area contributed by atoms with Crippen LogP contribution in [0.3, 0.4) is 0 Å². The Morgan fingerprint density at radius 2 is 2.36 bits per heavy atom. The molecule has 2 aromatic heterocycles. The summed E-state index contributed by atoms with van der Waals surface area (Å²) in [6, 6.07) is 1.88. The summed E-state index contributed by atoms with van der Waals surface area (Å²) in [5.41, 5.74) is 8.53. The van der Waals surface area contributed by atoms with Crippen molar-refractivity contribution < 1.29 is 0 Å². The van der Waals surface area contributed by atoms with Crippen molar-refractivity contribution in [2.24, 2.45) is 5.73 Å². The second-order valence-electron chi connectivity index (χ2n) is 2.94. The second kappa shape index (κ2) is 3.55. The van der Waals surface area contributed by atoms with Crippen molar-refractivity contribution in [3.8, 4) is 5.69 Å². The van der Waals surface area contributed by atoms with Gasteiger partial charge < -0.3 is 5.73 Å². The van der Waals surface area contributed by atoms with Gasteiger partial charge in [-0.05, 0) is 13.0 Å². The predicted octanol–water partition coefficient (Wildman–Crippen LogP) is 0.429. The smallest absolute Gasteiger partial charge is 0.138 e. The van der Waals surface area contributed by atoms with Gasteiger partial charge in [0.25, 0.3) is 0 Å². The van der Waals surface area contributed by atoms with Gasteiger partial charge in [-0.1, -0.05) is 0 Å². The van der Waals surface area contributed by atoms with Gasteiger partial charge in [0.2, 0.25) is 0 Å². The minimum Gasteiger partial charge on any atom is -0.326 e. The van der Waals surface area contributed by atoms with Gasteiger partial charge in [-0.2, -0.15) is 5.10 Å². The predicted molar refractivity (Wildman–Crippen MR) is 51.8 cm³/mol. The molecule has 14 heavy (non-hydrogen) atoms. The molecule has 0 amide bonds. The first kappa shape index (κ1) is 8.83. The maximum absolute atomic E-state index is 5.66. The normalized spacial score (nSPS) is 10.4. The average Bonchev–Trinajstić information content (AvgIpc) is 2.70. The molecule has 72 valence electrons. The van der Waals surface area contributed by atoms with Gasteiger partial charge in [-0.3, -0.25) is 4.98 Å². The van der Waals surface area contributed by atoms with E-state index in [0.717, 1.165) is 16.9 Å². The number of rotatable bonds is 2. The van der Waals surface area contributed by atoms with E-state index in [9.17, 15) is 0 Å². The molecule has 5 nitrogen and oxygen atoms in total. The molecule has 0 aliphatic heterocycles. The van der Waals surface area contributed by atoms with Crippen LogP contribution in [0.15, 0.2) is 24.9 Å². The first-order valence-corrected chi connectivity index (χ1v) is 4.32. The highest BCUT2D eigenvalue weighted by atomic mass is 15.3. The molecule has 0 unspecified atom stereocenters. The van der Waals surface area contributed by atoms with Crippen molar-refractivity contribution in [3.05, 3.63) is 36.2 Å². The monoisotopic (exact) mass is 189 g/mol. The zero-order chi connectivity index (χ0) is 9.97. The summed E-state index contributed by atoms with van der Waals surface area (Å²) >= 11 is 0. The Morgan fingerprint density at radius 1 is 1.50 bits per heavy atom. The standard InChI is InChI=1S/C9H11N5/c1-7-8(4-10)9(2-3-12-7)14-6-11-5-13-14/h2-3,5-6H,4,10H2,1H3. The zero-order valence-corrected chi connectivity index (χ0v) is 7.88. The highest BCUT2D eigenvalue weighted by Gasteiger charge is 2.06. The number of aryl methyl sites for hydroxylation is 1. The summed E-state index contributed by atoms with van der Waals surface area (Å²) in [4.78, 5) is 8.07. The Labute approximate surface area is 81.6 Å². The maximum atomic E-state index is 5.66. The highest BCUT2D eigenvalue weighted by molar-refractivity contribution is 5.41. The summed E-state index contributed by atoms with van der Waals surface area (Å²) in [6.07, 6.45) is 4.88. The van der Waals surface area contributed by atoms with Crippen LogP contribution in [0.1, 0.15) is 11.3 Å². The van der Waals surface area contributed by atoms with Crippen LogP contribution in [0.4, 0.5) is 0 Å². The number of pyridine rings is 1. The van der Waals surface area contributed by atoms with Crippen LogP contribution in [0.2, 0.25) is 0 Å². The van der Waals surface area contributed by atoms with Crippen LogP contribution in [-0.4, -0.2) is 19.7 Å². The Kier molecular flexibility index (Phi) is 2.24. The van der Waals surface area contributed by atoms with E-state index in [1.54, 1.807) is 17.2 Å². The van der Waals surface area contributed by atoms with Gasteiger partial charge in [-0.15, -0.1) is 0 Å². The number of nitrogens with two attached hydrogens (primary N) is 1. The quantitative estimate of drug-likeness (QED) is 0.743. The first-order valence-electron chi connectivity index (χ1n) is 4.32. The van der Waals surface area contributed by atoms with Gasteiger partial charge >= 0.3 is 0 Å². The van der Waals surface area contributed by atoms with Gasteiger partial charge in [-0.25, -0.2) is 9.67 Å². The Bertz CT molecular complexity index is 421. The van der Waals surface area contributed by atoms with E-state index in [2.05, 4.69) is 15.1 Å². The van der Waals surface area contributed by atoms with Crippen molar-refractivity contribution in [2.75, 3.05) is 0 Å². The number of hydrogen-bond donors (Lipinski definition) is 1. The summed E-state index contributed by atoms with van der Waals surface area (Å²) in [6.45, 7) is 2.39. The minimum atomic E-state index is 0.453. The summed E-state index contributed by atoms with van der Waals surface area (Å²) in [5.74, 6) is 0. The molecular formula is C9H11N5. The topological polar surface area (TPSA) is 69.6 Å². The van der Waals surface area contributed by atoms with E-state index >= 15 is 0 Å². The lowest BCUT2D eigenvalue weighted by Gasteiger charge is -2.08. The molecule has 0 aliphatic carbocycles. The zero-order valence-electron chi connectivity index (χ0n) is 7.88. The van der Waals surface area contributed by atoms with E-state index < -0.39 is 0 Å². The molecule has 2 aromatic rings. The van der Waals surface area contributed by atoms with Gasteiger partial charge in [0, 0.05) is 24.0 Å². The third kappa shape index (κ3) is 1.38. The molecule has 0 aliphatic rings. The fourth-order valence-electron chi connectivity index (χ4n) is 1.38. The van der Waals surface area contributed by atoms with Gasteiger partial charge in [0.15, 0.2) is 0 Å². The lowest BCUT2D eigenvalue weighted by atomic mass is 10.1. The molecule has 0 atom stereocenters. The molecule has 2 rings (SSSR count). The van der Waals surface area contributed by atoms with Crippen molar-refractivity contribution in [3.63, 3.8) is 0 Å². The Morgan fingerprint density at radius 3 is 3.00 bits per heavy atom. The molecular weight excluding hydrogens is 178 g/mol. The summed E-state index contributed by atoms with van der Waals surface area (Å²) in [5, 5.41) is 4.06. The average molecular weight is 189 g/mol. The second-order valence-corrected chi connectivity index (χ2v) is 2.94. The largest absolute Gasteiger partial charge is 0.326 e. The number of nitrogens with zero attached hydrogens (tertiary/aromatic N) is 4. The number of aromatic nitrogens is 4. The summed E-state index contributed by atoms with van der Waals surface area (Å²) < 4.78 is 1.69. The molecule has 0 bridgehead atoms. The molecule has 0 fully saturated rings. The molecule has 2 N–H and O–H groups in total. The lowest BCUT2D eigenvalue weighted by molar-refractivity contribution is 0.844. The number of hydrogen-bond acceptors (Lipinski definition) is 4. The van der Waals surface area contributed by atoms with Crippen molar-refractivity contribution in [2.45, 2.75) is 13.5 Å². The Balaban J connectivity index is 2.58. The molecule has 0 radical (unpaired) electrons. The van der Waals surface area contributed by atoms with Crippen LogP contribution in [0.25, 0.3) is 5.69 Å². The molecule has 0 aromatic carbocycles. The van der Waals surface area contributed by atoms with Crippen molar-refractivity contribution in [1.29, 1.82) is 0 Å². The van der Waals surface area contributed by atoms with Crippen LogP contribution >= 0.6 is 0 Å². The fraction of sp³-hybridized carbons (Fsp3) is 0.222. The SMILES string of the molecule is Cc1nccc(-n2cncn2)c1CN. The van der Waals surface area contributed by atoms with E-state index in [4.69, 9.17) is 5.73 Å². The van der Waals surface area contributed by atoms with E-state index in [-0.39, 0.29) is 0 Å². The van der Waals surface area contributed by atoms with E-state index in [1.807, 2.05) is 13.0 Å². The molecule has 0 saturated carbocycles. The molecule has 5 heteroatoms. The van der Waals surface area contributed by atoms with Crippen molar-refractivity contribution >= 4 is 0 Å². The van der Waals surface area contributed by atoms with Crippen LogP contribution in [0.5, 0.6) is 0 Å². The third-order valence-corrected chi connectivity index (χ3v) is 2.12. The molecule has 0 saturated heterocycles. The fourth-order valence-corrected chi connectivity index (χ4v) is 1.38. The van der Waals surface area contributed by atoms with Crippen LogP contribution in [0, 0.1) is 6.92 Å². The van der Waals surface area contributed by atoms with Crippen LogP contribution < -0.4 is 5.73 Å². The molecule has 2 heterocycles. The lowest BCUT2D eigenvalue weighted by Crippen LogP contribution is -2.08. The van der Waals surface area contributed by atoms with Crippen molar-refractivity contribution in [1.82, 2.24) is 19.7 Å². The van der Waals surface area contributed by atoms with E-state index in [0.29, 0.717) is 6.54 Å². The minimum absolute atomic E-state index is 0.453. The maximum Gasteiger partial charge on any atom is 0.138 e. The summed E-state index contributed by atoms with van der Waals surface area (Å²) in [7, 11) is 0. The third-order valence-electron chi connectivity index (χ3n) is 2.12. The highest BCUT2D eigenvalue weighted by Crippen LogP contribution is 2.14. The van der Waals surface area contributed by atoms with Crippen LogP contribution in [-0.2, 0) is 6.54 Å².